The van der Waals surface area contributed by atoms with Crippen molar-refractivity contribution >= 4 is 0 Å². The van der Waals surface area contributed by atoms with E-state index in [4.69, 9.17) is 5.73 Å². The average Bonchev–Trinajstić information content (AvgIpc) is 3.05. The topological polar surface area (TPSA) is 29.3 Å². The number of hydrogen-bond donors (Lipinski definition) is 1. The second kappa shape index (κ2) is 5.87. The molecule has 2 unspecified atom stereocenters. The highest BCUT2D eigenvalue weighted by Crippen LogP contribution is 2.36. The lowest BCUT2D eigenvalue weighted by Gasteiger charge is -2.38. The Morgan fingerprint density at radius 3 is 2.55 bits per heavy atom. The average molecular weight is 272 g/mol. The number of hydrogen-bond acceptors (Lipinski definition) is 2. The van der Waals surface area contributed by atoms with Crippen LogP contribution in [0.4, 0.5) is 0 Å². The van der Waals surface area contributed by atoms with E-state index in [1.54, 1.807) is 0 Å². The van der Waals surface area contributed by atoms with Crippen LogP contribution in [0.1, 0.15) is 56.7 Å². The van der Waals surface area contributed by atoms with Crippen molar-refractivity contribution in [3.8, 4) is 0 Å². The van der Waals surface area contributed by atoms with Crippen LogP contribution in [0, 0.1) is 5.92 Å². The van der Waals surface area contributed by atoms with Crippen LogP contribution in [0.5, 0.6) is 0 Å². The van der Waals surface area contributed by atoms with Gasteiger partial charge in [0.25, 0.3) is 0 Å². The number of nitrogens with zero attached hydrogens (tertiary/aromatic N) is 1. The van der Waals surface area contributed by atoms with E-state index in [0.29, 0.717) is 12.0 Å². The molecule has 0 spiro atoms. The summed E-state index contributed by atoms with van der Waals surface area (Å²) in [5.41, 5.74) is 9.44. The van der Waals surface area contributed by atoms with E-state index in [1.807, 2.05) is 0 Å². The Kier molecular flexibility index (Phi) is 4.13. The van der Waals surface area contributed by atoms with Gasteiger partial charge in [0.2, 0.25) is 0 Å². The summed E-state index contributed by atoms with van der Waals surface area (Å²) in [6.45, 7) is 5.85. The van der Waals surface area contributed by atoms with Crippen molar-refractivity contribution in [1.82, 2.24) is 4.90 Å². The van der Waals surface area contributed by atoms with Gasteiger partial charge < -0.3 is 5.73 Å². The van der Waals surface area contributed by atoms with Crippen LogP contribution in [-0.4, -0.2) is 23.5 Å². The van der Waals surface area contributed by atoms with Crippen molar-refractivity contribution in [1.29, 1.82) is 0 Å². The van der Waals surface area contributed by atoms with E-state index < -0.39 is 0 Å². The maximum atomic E-state index is 6.59. The van der Waals surface area contributed by atoms with Crippen LogP contribution in [0.3, 0.4) is 0 Å². The molecule has 20 heavy (non-hydrogen) atoms. The third kappa shape index (κ3) is 2.64. The van der Waals surface area contributed by atoms with E-state index in [-0.39, 0.29) is 6.04 Å². The second-order valence-corrected chi connectivity index (χ2v) is 7.02. The lowest BCUT2D eigenvalue weighted by molar-refractivity contribution is 0.107. The monoisotopic (exact) mass is 272 g/mol. The first kappa shape index (κ1) is 14.1. The Balaban J connectivity index is 1.81. The molecule has 2 aliphatic rings. The van der Waals surface area contributed by atoms with Crippen molar-refractivity contribution in [2.24, 2.45) is 11.7 Å². The van der Waals surface area contributed by atoms with Gasteiger partial charge >= 0.3 is 0 Å². The Morgan fingerprint density at radius 2 is 1.90 bits per heavy atom. The van der Waals surface area contributed by atoms with E-state index in [0.717, 1.165) is 12.5 Å². The first-order valence-electron chi connectivity index (χ1n) is 8.26. The highest BCUT2D eigenvalue weighted by atomic mass is 15.2. The zero-order valence-electron chi connectivity index (χ0n) is 12.9. The van der Waals surface area contributed by atoms with E-state index in [1.165, 1.54) is 43.4 Å². The van der Waals surface area contributed by atoms with Gasteiger partial charge in [-0.15, -0.1) is 0 Å². The molecule has 0 heterocycles. The summed E-state index contributed by atoms with van der Waals surface area (Å²) in [6.07, 6.45) is 6.67. The van der Waals surface area contributed by atoms with Crippen molar-refractivity contribution in [3.63, 3.8) is 0 Å². The Labute approximate surface area is 123 Å². The van der Waals surface area contributed by atoms with E-state index >= 15 is 0 Å². The maximum Gasteiger partial charge on any atom is 0.0459 e. The normalized spacial score (nSPS) is 26.6. The smallest absolute Gasteiger partial charge is 0.0459 e. The molecule has 2 N–H and O–H groups in total. The first-order valence-corrected chi connectivity index (χ1v) is 8.26. The van der Waals surface area contributed by atoms with Crippen LogP contribution in [0.25, 0.3) is 0 Å². The minimum absolute atomic E-state index is 0.200. The van der Waals surface area contributed by atoms with Gasteiger partial charge in [0.15, 0.2) is 0 Å². The van der Waals surface area contributed by atoms with Gasteiger partial charge in [0.1, 0.15) is 0 Å². The molecule has 0 saturated heterocycles. The van der Waals surface area contributed by atoms with Gasteiger partial charge in [-0.2, -0.15) is 0 Å². The molecule has 1 fully saturated rings. The highest BCUT2D eigenvalue weighted by molar-refractivity contribution is 5.37. The Morgan fingerprint density at radius 1 is 1.20 bits per heavy atom. The predicted molar refractivity (Wildman–Crippen MR) is 84.7 cm³/mol. The van der Waals surface area contributed by atoms with Crippen molar-refractivity contribution in [3.05, 3.63) is 35.4 Å². The lowest BCUT2D eigenvalue weighted by Crippen LogP contribution is -2.47. The molecule has 3 rings (SSSR count). The summed E-state index contributed by atoms with van der Waals surface area (Å²) >= 11 is 0. The molecule has 2 aliphatic carbocycles. The molecule has 2 atom stereocenters. The Hall–Kier alpha value is -0.860. The zero-order chi connectivity index (χ0) is 14.1. The fraction of sp³-hybridized carbons (Fsp3) is 0.667. The summed E-state index contributed by atoms with van der Waals surface area (Å²) < 4.78 is 0. The summed E-state index contributed by atoms with van der Waals surface area (Å²) in [5, 5.41) is 0. The van der Waals surface area contributed by atoms with Crippen LogP contribution >= 0.6 is 0 Å². The van der Waals surface area contributed by atoms with Crippen LogP contribution in [-0.2, 0) is 6.42 Å². The fourth-order valence-electron chi connectivity index (χ4n) is 4.14. The quantitative estimate of drug-likeness (QED) is 0.909. The van der Waals surface area contributed by atoms with E-state index in [9.17, 15) is 0 Å². The molecule has 2 heteroatoms. The number of rotatable bonds is 4. The molecule has 0 radical (unpaired) electrons. The molecule has 110 valence electrons. The van der Waals surface area contributed by atoms with Gasteiger partial charge in [-0.05, 0) is 36.3 Å². The minimum Gasteiger partial charge on any atom is -0.323 e. The van der Waals surface area contributed by atoms with Crippen molar-refractivity contribution in [2.45, 2.75) is 64.1 Å². The largest absolute Gasteiger partial charge is 0.323 e. The van der Waals surface area contributed by atoms with Gasteiger partial charge in [-0.3, -0.25) is 4.90 Å². The third-order valence-corrected chi connectivity index (χ3v) is 5.05. The van der Waals surface area contributed by atoms with Crippen molar-refractivity contribution in [2.75, 3.05) is 6.54 Å². The van der Waals surface area contributed by atoms with Gasteiger partial charge in [-0.25, -0.2) is 0 Å². The molecule has 1 aromatic rings. The van der Waals surface area contributed by atoms with Crippen LogP contribution in [0.15, 0.2) is 24.3 Å². The summed E-state index contributed by atoms with van der Waals surface area (Å²) in [5.74, 6) is 0.714. The molecular formula is C18H28N2. The maximum absolute atomic E-state index is 6.59. The summed E-state index contributed by atoms with van der Waals surface area (Å²) in [4.78, 5) is 2.75. The molecule has 0 amide bonds. The highest BCUT2D eigenvalue weighted by Gasteiger charge is 2.37. The van der Waals surface area contributed by atoms with Crippen LogP contribution < -0.4 is 5.73 Å². The van der Waals surface area contributed by atoms with Crippen molar-refractivity contribution < 1.29 is 0 Å². The molecule has 2 nitrogen and oxygen atoms in total. The molecule has 0 bridgehead atoms. The number of nitrogens with two attached hydrogens (primary N) is 1. The summed E-state index contributed by atoms with van der Waals surface area (Å²) in [6, 6.07) is 10.2. The molecule has 1 aromatic carbocycles. The van der Waals surface area contributed by atoms with Gasteiger partial charge in [0, 0.05) is 24.7 Å². The fourth-order valence-corrected chi connectivity index (χ4v) is 4.14. The lowest BCUT2D eigenvalue weighted by atomic mass is 10.0. The van der Waals surface area contributed by atoms with Gasteiger partial charge in [-0.1, -0.05) is 51.0 Å². The first-order chi connectivity index (χ1) is 9.66. The second-order valence-electron chi connectivity index (χ2n) is 7.02. The Bertz CT molecular complexity index is 448. The van der Waals surface area contributed by atoms with Gasteiger partial charge in [0.05, 0.1) is 0 Å². The minimum atomic E-state index is 0.200. The van der Waals surface area contributed by atoms with Crippen LogP contribution in [0.2, 0.25) is 0 Å². The molecule has 0 aromatic heterocycles. The molecule has 0 aliphatic heterocycles. The number of fused-ring (bicyclic) bond motifs is 1. The summed E-state index contributed by atoms with van der Waals surface area (Å²) in [7, 11) is 0. The SMILES string of the molecule is CC(C)CN(C1CCCC1)C1Cc2ccccc2C1N. The predicted octanol–water partition coefficient (Wildman–Crippen LogP) is 3.51. The van der Waals surface area contributed by atoms with E-state index in [2.05, 4.69) is 43.0 Å². The zero-order valence-corrected chi connectivity index (χ0v) is 12.9. The standard InChI is InChI=1S/C18H28N2/c1-13(2)12-20(15-8-4-5-9-15)17-11-14-7-3-6-10-16(14)18(17)19/h3,6-7,10,13,15,17-18H,4-5,8-9,11-12,19H2,1-2H3. The number of benzene rings is 1. The molecular weight excluding hydrogens is 244 g/mol. The third-order valence-electron chi connectivity index (χ3n) is 5.05. The molecule has 1 saturated carbocycles.